The maximum Gasteiger partial charge on any atom is 0.232 e. The standard InChI is InChI=1S/C25H28ClFN8O2S/c1-33-10-12-35(13-11-33)20-9-8-16(14-18(20)27)29-25-31-23-22(17(26)15-28-23)24(32-25)30-19-6-4-5-7-21(19)34(2)38(3,36)37/h4-9,14-15H,10-13H2,1-3H3,(H3,28,29,30,31,32). The van der Waals surface area contributed by atoms with Crippen LogP contribution in [-0.4, -0.2) is 74.8 Å². The molecule has 1 aliphatic rings. The van der Waals surface area contributed by atoms with Crippen LogP contribution < -0.4 is 19.8 Å². The molecule has 13 heteroatoms. The van der Waals surface area contributed by atoms with Crippen molar-refractivity contribution in [3.05, 3.63) is 59.5 Å². The van der Waals surface area contributed by atoms with E-state index in [4.69, 9.17) is 11.6 Å². The molecule has 0 aliphatic carbocycles. The molecule has 2 aromatic heterocycles. The van der Waals surface area contributed by atoms with Crippen LogP contribution in [-0.2, 0) is 10.0 Å². The number of benzene rings is 2. The molecule has 3 heterocycles. The minimum absolute atomic E-state index is 0.208. The van der Waals surface area contributed by atoms with E-state index < -0.39 is 10.0 Å². The third-order valence-corrected chi connectivity index (χ3v) is 8.01. The van der Waals surface area contributed by atoms with Crippen molar-refractivity contribution in [3.8, 4) is 0 Å². The molecule has 0 saturated carbocycles. The van der Waals surface area contributed by atoms with E-state index in [1.54, 1.807) is 42.6 Å². The van der Waals surface area contributed by atoms with Crippen molar-refractivity contribution < 1.29 is 12.8 Å². The molecule has 10 nitrogen and oxygen atoms in total. The number of fused-ring (bicyclic) bond motifs is 1. The van der Waals surface area contributed by atoms with Crippen molar-refractivity contribution in [2.24, 2.45) is 0 Å². The lowest BCUT2D eigenvalue weighted by atomic mass is 10.2. The first-order valence-electron chi connectivity index (χ1n) is 11.9. The lowest BCUT2D eigenvalue weighted by Crippen LogP contribution is -2.44. The highest BCUT2D eigenvalue weighted by Gasteiger charge is 2.20. The van der Waals surface area contributed by atoms with Gasteiger partial charge in [0.1, 0.15) is 17.3 Å². The topological polar surface area (TPSA) is 109 Å². The highest BCUT2D eigenvalue weighted by atomic mass is 35.5. The molecule has 0 unspecified atom stereocenters. The first-order valence-corrected chi connectivity index (χ1v) is 14.2. The summed E-state index contributed by atoms with van der Waals surface area (Å²) in [6.07, 6.45) is 2.72. The second-order valence-corrected chi connectivity index (χ2v) is 11.6. The van der Waals surface area contributed by atoms with Gasteiger partial charge in [0.25, 0.3) is 0 Å². The van der Waals surface area contributed by atoms with Crippen LogP contribution in [0.4, 0.5) is 38.9 Å². The predicted octanol–water partition coefficient (Wildman–Crippen LogP) is 4.39. The maximum absolute atomic E-state index is 15.0. The van der Waals surface area contributed by atoms with Gasteiger partial charge in [0.05, 0.1) is 33.7 Å². The monoisotopic (exact) mass is 558 g/mol. The average Bonchev–Trinajstić information content (AvgIpc) is 3.25. The second-order valence-electron chi connectivity index (χ2n) is 9.21. The van der Waals surface area contributed by atoms with E-state index in [1.807, 2.05) is 4.90 Å². The Morgan fingerprint density at radius 2 is 1.82 bits per heavy atom. The van der Waals surface area contributed by atoms with Crippen molar-refractivity contribution in [2.75, 3.05) is 66.4 Å². The Kier molecular flexibility index (Phi) is 7.03. The number of hydrogen-bond donors (Lipinski definition) is 3. The molecule has 0 radical (unpaired) electrons. The number of hydrogen-bond acceptors (Lipinski definition) is 8. The molecule has 1 fully saturated rings. The van der Waals surface area contributed by atoms with Crippen molar-refractivity contribution in [1.82, 2.24) is 19.9 Å². The van der Waals surface area contributed by atoms with E-state index in [0.717, 1.165) is 32.4 Å². The molecule has 1 aliphatic heterocycles. The number of aromatic nitrogens is 3. The van der Waals surface area contributed by atoms with Gasteiger partial charge in [0.15, 0.2) is 0 Å². The number of sulfonamides is 1. The molecule has 3 N–H and O–H groups in total. The Morgan fingerprint density at radius 3 is 2.53 bits per heavy atom. The first-order chi connectivity index (χ1) is 18.1. The lowest BCUT2D eigenvalue weighted by molar-refractivity contribution is 0.311. The van der Waals surface area contributed by atoms with Crippen LogP contribution in [0.3, 0.4) is 0 Å². The Hall–Kier alpha value is -3.61. The summed E-state index contributed by atoms with van der Waals surface area (Å²) in [4.78, 5) is 16.4. The number of anilines is 6. The fraction of sp³-hybridized carbons (Fsp3) is 0.280. The Balaban J connectivity index is 1.46. The highest BCUT2D eigenvalue weighted by molar-refractivity contribution is 7.92. The van der Waals surface area contributed by atoms with Crippen molar-refractivity contribution >= 4 is 67.2 Å². The molecule has 38 heavy (non-hydrogen) atoms. The third-order valence-electron chi connectivity index (χ3n) is 6.53. The van der Waals surface area contributed by atoms with Gasteiger partial charge in [-0.05, 0) is 37.4 Å². The van der Waals surface area contributed by atoms with Gasteiger partial charge in [-0.15, -0.1) is 0 Å². The summed E-state index contributed by atoms with van der Waals surface area (Å²) in [6.45, 7) is 3.28. The summed E-state index contributed by atoms with van der Waals surface area (Å²) < 4.78 is 40.6. The highest BCUT2D eigenvalue weighted by Crippen LogP contribution is 2.35. The number of para-hydroxylation sites is 2. The summed E-state index contributed by atoms with van der Waals surface area (Å²) in [5.41, 5.74) is 2.44. The van der Waals surface area contributed by atoms with E-state index >= 15 is 4.39 Å². The van der Waals surface area contributed by atoms with Gasteiger partial charge in [-0.1, -0.05) is 23.7 Å². The Morgan fingerprint density at radius 1 is 1.08 bits per heavy atom. The zero-order chi connectivity index (χ0) is 27.0. The zero-order valence-corrected chi connectivity index (χ0v) is 22.7. The van der Waals surface area contributed by atoms with E-state index in [9.17, 15) is 8.42 Å². The molecular formula is C25H28ClFN8O2S. The fourth-order valence-electron chi connectivity index (χ4n) is 4.32. The van der Waals surface area contributed by atoms with E-state index in [2.05, 4.69) is 37.5 Å². The SMILES string of the molecule is CN1CCN(c2ccc(Nc3nc(Nc4ccccc4N(C)S(C)(=O)=O)c4c(Cl)c[nH]c4n3)cc2F)CC1. The molecule has 0 bridgehead atoms. The van der Waals surface area contributed by atoms with Crippen molar-refractivity contribution in [3.63, 3.8) is 0 Å². The summed E-state index contributed by atoms with van der Waals surface area (Å²) in [7, 11) is 0.0270. The van der Waals surface area contributed by atoms with Gasteiger partial charge in [-0.25, -0.2) is 12.8 Å². The molecular weight excluding hydrogens is 531 g/mol. The lowest BCUT2D eigenvalue weighted by Gasteiger charge is -2.34. The number of H-pyrrole nitrogens is 1. The van der Waals surface area contributed by atoms with Crippen LogP contribution in [0.2, 0.25) is 5.02 Å². The number of nitrogens with zero attached hydrogens (tertiary/aromatic N) is 5. The summed E-state index contributed by atoms with van der Waals surface area (Å²) >= 11 is 6.42. The van der Waals surface area contributed by atoms with Crippen molar-refractivity contribution in [2.45, 2.75) is 0 Å². The Bertz CT molecular complexity index is 1590. The molecule has 5 rings (SSSR count). The maximum atomic E-state index is 15.0. The van der Waals surface area contributed by atoms with E-state index in [1.165, 1.54) is 17.4 Å². The number of aromatic amines is 1. The largest absolute Gasteiger partial charge is 0.367 e. The van der Waals surface area contributed by atoms with Crippen LogP contribution in [0.15, 0.2) is 48.7 Å². The first kappa shape index (κ1) is 26.0. The average molecular weight is 559 g/mol. The van der Waals surface area contributed by atoms with Crippen molar-refractivity contribution in [1.29, 1.82) is 0 Å². The number of halogens is 2. The second kappa shape index (κ2) is 10.3. The van der Waals surface area contributed by atoms with Crippen LogP contribution in [0.1, 0.15) is 0 Å². The summed E-state index contributed by atoms with van der Waals surface area (Å²) in [6, 6.07) is 11.9. The smallest absolute Gasteiger partial charge is 0.232 e. The zero-order valence-electron chi connectivity index (χ0n) is 21.2. The van der Waals surface area contributed by atoms with Gasteiger partial charge in [-0.2, -0.15) is 9.97 Å². The Labute approximate surface area is 225 Å². The van der Waals surface area contributed by atoms with Gasteiger partial charge in [0.2, 0.25) is 16.0 Å². The summed E-state index contributed by atoms with van der Waals surface area (Å²) in [5.74, 6) is 0.228. The van der Waals surface area contributed by atoms with Gasteiger partial charge >= 0.3 is 0 Å². The molecule has 4 aromatic rings. The van der Waals surface area contributed by atoms with Gasteiger partial charge in [0, 0.05) is 45.1 Å². The quantitative estimate of drug-likeness (QED) is 0.306. The van der Waals surface area contributed by atoms with Crippen LogP contribution >= 0.6 is 11.6 Å². The molecule has 1 saturated heterocycles. The van der Waals surface area contributed by atoms with Gasteiger partial charge < -0.3 is 25.4 Å². The normalized spacial score (nSPS) is 14.6. The number of likely N-dealkylation sites (N-methyl/N-ethyl adjacent to an activating group) is 1. The van der Waals surface area contributed by atoms with E-state index in [0.29, 0.717) is 44.6 Å². The third kappa shape index (κ3) is 5.33. The summed E-state index contributed by atoms with van der Waals surface area (Å²) in [5, 5.41) is 7.20. The molecule has 0 spiro atoms. The van der Waals surface area contributed by atoms with Crippen LogP contribution in [0.25, 0.3) is 11.0 Å². The predicted molar refractivity (Wildman–Crippen MR) is 151 cm³/mol. The van der Waals surface area contributed by atoms with Crippen LogP contribution in [0.5, 0.6) is 0 Å². The van der Waals surface area contributed by atoms with Crippen LogP contribution in [0, 0.1) is 5.82 Å². The molecule has 200 valence electrons. The number of nitrogens with one attached hydrogen (secondary N) is 3. The molecule has 0 atom stereocenters. The van der Waals surface area contributed by atoms with Gasteiger partial charge in [-0.3, -0.25) is 4.31 Å². The fourth-order valence-corrected chi connectivity index (χ4v) is 5.07. The number of rotatable bonds is 7. The number of piperazine rings is 1. The minimum Gasteiger partial charge on any atom is -0.367 e. The molecule has 2 aromatic carbocycles. The molecule has 0 amide bonds. The van der Waals surface area contributed by atoms with E-state index in [-0.39, 0.29) is 11.8 Å². The minimum atomic E-state index is -3.50.